The summed E-state index contributed by atoms with van der Waals surface area (Å²) in [4.78, 5) is 6.37. The highest BCUT2D eigenvalue weighted by Gasteiger charge is 2.32. The van der Waals surface area contributed by atoms with Gasteiger partial charge in [-0.25, -0.2) is 4.39 Å². The molecule has 0 radical (unpaired) electrons. The third-order valence-electron chi connectivity index (χ3n) is 5.02. The van der Waals surface area contributed by atoms with Gasteiger partial charge in [0.25, 0.3) is 0 Å². The number of hydrogen-bond donors (Lipinski definition) is 2. The van der Waals surface area contributed by atoms with E-state index in [9.17, 15) is 9.50 Å². The third-order valence-corrected chi connectivity index (χ3v) is 5.02. The minimum atomic E-state index is -0.972. The maximum Gasteiger partial charge on any atom is 0.131 e. The van der Waals surface area contributed by atoms with Crippen LogP contribution in [0.25, 0.3) is 5.57 Å². The van der Waals surface area contributed by atoms with Crippen molar-refractivity contribution >= 4 is 5.57 Å². The lowest BCUT2D eigenvalue weighted by molar-refractivity contribution is -0.0131. The molecule has 1 aromatic heterocycles. The maximum atomic E-state index is 14.4. The van der Waals surface area contributed by atoms with Gasteiger partial charge in [0.05, 0.1) is 25.4 Å². The Balaban J connectivity index is 2.02. The predicted molar refractivity (Wildman–Crippen MR) is 112 cm³/mol. The van der Waals surface area contributed by atoms with Gasteiger partial charge in [-0.1, -0.05) is 36.9 Å². The van der Waals surface area contributed by atoms with E-state index in [1.54, 1.807) is 42.7 Å². The first-order valence-corrected chi connectivity index (χ1v) is 9.56. The lowest BCUT2D eigenvalue weighted by Gasteiger charge is -2.38. The fraction of sp³-hybridized carbons (Fsp3) is 0.261. The van der Waals surface area contributed by atoms with Gasteiger partial charge in [-0.2, -0.15) is 0 Å². The van der Waals surface area contributed by atoms with Crippen molar-refractivity contribution in [2.24, 2.45) is 5.73 Å². The van der Waals surface area contributed by atoms with Crippen LogP contribution in [0.15, 0.2) is 79.3 Å². The van der Waals surface area contributed by atoms with Crippen LogP contribution < -0.4 is 5.73 Å². The van der Waals surface area contributed by atoms with Crippen molar-refractivity contribution in [3.8, 4) is 0 Å². The van der Waals surface area contributed by atoms with Gasteiger partial charge in [0.2, 0.25) is 0 Å². The molecule has 3 N–H and O–H groups in total. The third kappa shape index (κ3) is 4.98. The average molecular weight is 395 g/mol. The second kappa shape index (κ2) is 10.1. The highest BCUT2D eigenvalue weighted by molar-refractivity contribution is 5.79. The van der Waals surface area contributed by atoms with E-state index in [2.05, 4.69) is 16.5 Å². The molecule has 152 valence electrons. The van der Waals surface area contributed by atoms with Crippen LogP contribution in [-0.4, -0.2) is 47.4 Å². The summed E-state index contributed by atoms with van der Waals surface area (Å²) in [6, 6.07) is 9.78. The van der Waals surface area contributed by atoms with Crippen LogP contribution in [0.2, 0.25) is 0 Å². The average Bonchev–Trinajstić information content (AvgIpc) is 2.76. The molecule has 29 heavy (non-hydrogen) atoms. The number of aliphatic hydroxyl groups is 1. The SMILES string of the molecule is C=C(/C(=C\C=C/N)[C@@H](O)[C@H](c1cccnc1)N1CCOCC1)c1ccccc1F. The topological polar surface area (TPSA) is 71.6 Å². The summed E-state index contributed by atoms with van der Waals surface area (Å²) < 4.78 is 19.9. The molecule has 0 saturated carbocycles. The lowest BCUT2D eigenvalue weighted by atomic mass is 9.87. The Morgan fingerprint density at radius 1 is 1.24 bits per heavy atom. The van der Waals surface area contributed by atoms with Crippen molar-refractivity contribution in [1.82, 2.24) is 9.88 Å². The van der Waals surface area contributed by atoms with Gasteiger partial charge < -0.3 is 15.6 Å². The van der Waals surface area contributed by atoms with E-state index in [0.717, 1.165) is 5.56 Å². The summed E-state index contributed by atoms with van der Waals surface area (Å²) in [6.45, 7) is 6.58. The van der Waals surface area contributed by atoms with Gasteiger partial charge in [0.1, 0.15) is 5.82 Å². The normalized spacial score (nSPS) is 17.9. The van der Waals surface area contributed by atoms with Crippen molar-refractivity contribution in [2.75, 3.05) is 26.3 Å². The fourth-order valence-corrected chi connectivity index (χ4v) is 3.57. The Kier molecular flexibility index (Phi) is 7.30. The van der Waals surface area contributed by atoms with E-state index in [-0.39, 0.29) is 6.04 Å². The summed E-state index contributed by atoms with van der Waals surface area (Å²) in [5.41, 5.74) is 7.65. The van der Waals surface area contributed by atoms with Gasteiger partial charge in [-0.15, -0.1) is 0 Å². The van der Waals surface area contributed by atoms with Crippen molar-refractivity contribution < 1.29 is 14.2 Å². The molecule has 6 heteroatoms. The molecule has 0 amide bonds. The monoisotopic (exact) mass is 395 g/mol. The predicted octanol–water partition coefficient (Wildman–Crippen LogP) is 3.07. The number of morpholine rings is 1. The lowest BCUT2D eigenvalue weighted by Crippen LogP contribution is -2.44. The minimum absolute atomic E-state index is 0.343. The van der Waals surface area contributed by atoms with Crippen molar-refractivity contribution in [1.29, 1.82) is 0 Å². The van der Waals surface area contributed by atoms with Gasteiger partial charge in [0.15, 0.2) is 0 Å². The molecule has 0 bridgehead atoms. The molecule has 1 aliphatic rings. The Morgan fingerprint density at radius 3 is 2.66 bits per heavy atom. The largest absolute Gasteiger partial charge is 0.405 e. The summed E-state index contributed by atoms with van der Waals surface area (Å²) in [5.74, 6) is -0.392. The highest BCUT2D eigenvalue weighted by atomic mass is 19.1. The number of allylic oxidation sites excluding steroid dienone is 2. The zero-order valence-corrected chi connectivity index (χ0v) is 16.2. The van der Waals surface area contributed by atoms with Crippen LogP contribution in [0.5, 0.6) is 0 Å². The molecule has 5 nitrogen and oxygen atoms in total. The van der Waals surface area contributed by atoms with Gasteiger partial charge in [0, 0.05) is 31.0 Å². The van der Waals surface area contributed by atoms with Gasteiger partial charge in [-0.05, 0) is 41.1 Å². The van der Waals surface area contributed by atoms with E-state index < -0.39 is 11.9 Å². The number of nitrogens with zero attached hydrogens (tertiary/aromatic N) is 2. The number of hydrogen-bond acceptors (Lipinski definition) is 5. The number of aromatic nitrogens is 1. The molecule has 0 spiro atoms. The Labute approximate surface area is 170 Å². The smallest absolute Gasteiger partial charge is 0.131 e. The Morgan fingerprint density at radius 2 is 2.00 bits per heavy atom. The molecular formula is C23H26FN3O2. The zero-order valence-electron chi connectivity index (χ0n) is 16.2. The summed E-state index contributed by atoms with van der Waals surface area (Å²) >= 11 is 0. The summed E-state index contributed by atoms with van der Waals surface area (Å²) in [5, 5.41) is 11.5. The van der Waals surface area contributed by atoms with Crippen LogP contribution >= 0.6 is 0 Å². The molecule has 1 aliphatic heterocycles. The molecule has 0 unspecified atom stereocenters. The number of halogens is 1. The van der Waals surface area contributed by atoms with Crippen LogP contribution in [0.3, 0.4) is 0 Å². The quantitative estimate of drug-likeness (QED) is 0.705. The van der Waals surface area contributed by atoms with E-state index in [1.807, 2.05) is 12.1 Å². The summed E-state index contributed by atoms with van der Waals surface area (Å²) in [6.07, 6.45) is 7.13. The van der Waals surface area contributed by atoms with Gasteiger partial charge >= 0.3 is 0 Å². The molecule has 2 heterocycles. The number of benzene rings is 1. The first-order chi connectivity index (χ1) is 14.1. The molecule has 2 atom stereocenters. The fourth-order valence-electron chi connectivity index (χ4n) is 3.57. The number of ether oxygens (including phenoxy) is 1. The van der Waals surface area contributed by atoms with E-state index >= 15 is 0 Å². The molecular weight excluding hydrogens is 369 g/mol. The van der Waals surface area contributed by atoms with E-state index in [1.165, 1.54) is 12.3 Å². The molecule has 0 aliphatic carbocycles. The van der Waals surface area contributed by atoms with E-state index in [0.29, 0.717) is 43.0 Å². The zero-order chi connectivity index (χ0) is 20.6. The van der Waals surface area contributed by atoms with Crippen molar-refractivity contribution in [2.45, 2.75) is 12.1 Å². The van der Waals surface area contributed by atoms with E-state index in [4.69, 9.17) is 10.5 Å². The number of aliphatic hydroxyl groups excluding tert-OH is 1. The van der Waals surface area contributed by atoms with Crippen LogP contribution in [-0.2, 0) is 4.74 Å². The number of pyridine rings is 1. The minimum Gasteiger partial charge on any atom is -0.405 e. The Hall–Kier alpha value is -2.80. The number of nitrogens with two attached hydrogens (primary N) is 1. The van der Waals surface area contributed by atoms with Gasteiger partial charge in [-0.3, -0.25) is 9.88 Å². The second-order valence-electron chi connectivity index (χ2n) is 6.79. The number of rotatable bonds is 7. The second-order valence-corrected chi connectivity index (χ2v) is 6.79. The first-order valence-electron chi connectivity index (χ1n) is 9.56. The molecule has 1 fully saturated rings. The summed E-state index contributed by atoms with van der Waals surface area (Å²) in [7, 11) is 0. The van der Waals surface area contributed by atoms with Crippen molar-refractivity contribution in [3.63, 3.8) is 0 Å². The molecule has 2 aromatic rings. The molecule has 1 saturated heterocycles. The first kappa shape index (κ1) is 20.9. The van der Waals surface area contributed by atoms with Crippen LogP contribution in [0, 0.1) is 5.82 Å². The maximum absolute atomic E-state index is 14.4. The molecule has 1 aromatic carbocycles. The molecule has 3 rings (SSSR count). The van der Waals surface area contributed by atoms with Crippen molar-refractivity contribution in [3.05, 3.63) is 96.2 Å². The highest BCUT2D eigenvalue weighted by Crippen LogP contribution is 2.35. The Bertz CT molecular complexity index is 877. The van der Waals surface area contributed by atoms with Crippen LogP contribution in [0.1, 0.15) is 17.2 Å². The van der Waals surface area contributed by atoms with Crippen LogP contribution in [0.4, 0.5) is 4.39 Å². The standard InChI is InChI=1S/C23H26FN3O2/c1-17(19-7-2-3-9-21(19)24)20(8-4-10-25)23(28)22(18-6-5-11-26-16-18)27-12-14-29-15-13-27/h2-11,16,22-23,28H,1,12-15,25H2/b10-4-,20-8+/t22-,23+/m0/s1.